The van der Waals surface area contributed by atoms with Gasteiger partial charge in [-0.15, -0.1) is 0 Å². The van der Waals surface area contributed by atoms with Crippen LogP contribution >= 0.6 is 11.6 Å². The van der Waals surface area contributed by atoms with Crippen LogP contribution in [-0.2, 0) is 9.53 Å². The van der Waals surface area contributed by atoms with Crippen molar-refractivity contribution in [1.82, 2.24) is 0 Å². The molecule has 2 rings (SSSR count). The van der Waals surface area contributed by atoms with Gasteiger partial charge in [-0.3, -0.25) is 4.79 Å². The minimum absolute atomic E-state index is 0.0766. The van der Waals surface area contributed by atoms with Crippen LogP contribution in [-0.4, -0.2) is 26.2 Å². The smallest absolute Gasteiger partial charge is 0.287 e. The SMILES string of the molecule is COCC[NH2+][C@H](C(=O)Nc1ccc(C)c(Cl)c1)c1ccccc1. The van der Waals surface area contributed by atoms with Gasteiger partial charge >= 0.3 is 0 Å². The molecule has 1 amide bonds. The summed E-state index contributed by atoms with van der Waals surface area (Å²) in [4.78, 5) is 12.7. The highest BCUT2D eigenvalue weighted by atomic mass is 35.5. The Bertz CT molecular complexity index is 647. The summed E-state index contributed by atoms with van der Waals surface area (Å²) in [6.07, 6.45) is 0. The van der Waals surface area contributed by atoms with Gasteiger partial charge in [-0.05, 0) is 24.6 Å². The summed E-state index contributed by atoms with van der Waals surface area (Å²) in [7, 11) is 1.65. The highest BCUT2D eigenvalue weighted by Crippen LogP contribution is 2.21. The number of halogens is 1. The van der Waals surface area contributed by atoms with Gasteiger partial charge in [0.2, 0.25) is 0 Å². The Morgan fingerprint density at radius 2 is 2.00 bits per heavy atom. The predicted octanol–water partition coefficient (Wildman–Crippen LogP) is 2.54. The molecule has 23 heavy (non-hydrogen) atoms. The molecule has 0 saturated carbocycles. The Morgan fingerprint density at radius 3 is 2.65 bits per heavy atom. The average Bonchev–Trinajstić information content (AvgIpc) is 2.56. The zero-order valence-corrected chi connectivity index (χ0v) is 14.1. The van der Waals surface area contributed by atoms with Crippen molar-refractivity contribution >= 4 is 23.2 Å². The lowest BCUT2D eigenvalue weighted by atomic mass is 10.1. The Morgan fingerprint density at radius 1 is 1.26 bits per heavy atom. The summed E-state index contributed by atoms with van der Waals surface area (Å²) in [5, 5.41) is 5.56. The fraction of sp³-hybridized carbons (Fsp3) is 0.278. The number of hydrogen-bond donors (Lipinski definition) is 2. The van der Waals surface area contributed by atoms with E-state index in [0.29, 0.717) is 23.9 Å². The van der Waals surface area contributed by atoms with Crippen molar-refractivity contribution in [3.63, 3.8) is 0 Å². The summed E-state index contributed by atoms with van der Waals surface area (Å²) in [6.45, 7) is 3.23. The second-order valence-electron chi connectivity index (χ2n) is 5.36. The van der Waals surface area contributed by atoms with Crippen molar-refractivity contribution in [2.24, 2.45) is 0 Å². The molecule has 4 nitrogen and oxygen atoms in total. The first-order valence-corrected chi connectivity index (χ1v) is 7.94. The molecule has 0 aromatic heterocycles. The van der Waals surface area contributed by atoms with E-state index in [2.05, 4.69) is 5.32 Å². The van der Waals surface area contributed by atoms with Crippen molar-refractivity contribution in [1.29, 1.82) is 0 Å². The molecule has 0 saturated heterocycles. The fourth-order valence-corrected chi connectivity index (χ4v) is 2.48. The molecular formula is C18H22ClN2O2+. The predicted molar refractivity (Wildman–Crippen MR) is 92.7 cm³/mol. The average molecular weight is 334 g/mol. The van der Waals surface area contributed by atoms with Gasteiger partial charge in [0.05, 0.1) is 6.61 Å². The number of carbonyl (C=O) groups is 1. The van der Waals surface area contributed by atoms with Crippen LogP contribution in [0.15, 0.2) is 48.5 Å². The van der Waals surface area contributed by atoms with Crippen LogP contribution in [0.1, 0.15) is 17.2 Å². The molecule has 5 heteroatoms. The first-order valence-electron chi connectivity index (χ1n) is 7.56. The number of anilines is 1. The van der Waals surface area contributed by atoms with Crippen molar-refractivity contribution in [3.05, 3.63) is 64.7 Å². The second-order valence-corrected chi connectivity index (χ2v) is 5.77. The van der Waals surface area contributed by atoms with E-state index in [1.807, 2.05) is 54.7 Å². The number of aryl methyl sites for hydroxylation is 1. The first-order chi connectivity index (χ1) is 11.1. The molecule has 0 radical (unpaired) electrons. The van der Waals surface area contributed by atoms with Crippen LogP contribution in [0.2, 0.25) is 5.02 Å². The van der Waals surface area contributed by atoms with Crippen molar-refractivity contribution < 1.29 is 14.8 Å². The summed E-state index contributed by atoms with van der Waals surface area (Å²) in [6, 6.07) is 14.9. The van der Waals surface area contributed by atoms with Crippen LogP contribution in [0.3, 0.4) is 0 Å². The molecule has 0 aliphatic heterocycles. The lowest BCUT2D eigenvalue weighted by Crippen LogP contribution is -2.88. The Labute approximate surface area is 141 Å². The Hall–Kier alpha value is -1.88. The number of quaternary nitrogens is 1. The number of methoxy groups -OCH3 is 1. The van der Waals surface area contributed by atoms with Gasteiger partial charge in [0, 0.05) is 23.4 Å². The number of nitrogens with one attached hydrogen (secondary N) is 1. The highest BCUT2D eigenvalue weighted by molar-refractivity contribution is 6.31. The van der Waals surface area contributed by atoms with E-state index in [1.165, 1.54) is 0 Å². The molecule has 2 aromatic carbocycles. The van der Waals surface area contributed by atoms with E-state index >= 15 is 0 Å². The topological polar surface area (TPSA) is 54.9 Å². The van der Waals surface area contributed by atoms with E-state index in [-0.39, 0.29) is 11.9 Å². The van der Waals surface area contributed by atoms with Crippen LogP contribution in [0.25, 0.3) is 0 Å². The molecule has 0 aliphatic carbocycles. The molecule has 0 heterocycles. The number of ether oxygens (including phenoxy) is 1. The van der Waals surface area contributed by atoms with E-state index in [4.69, 9.17) is 16.3 Å². The normalized spacial score (nSPS) is 12.0. The third-order valence-electron chi connectivity index (χ3n) is 3.60. The molecule has 3 N–H and O–H groups in total. The summed E-state index contributed by atoms with van der Waals surface area (Å²) in [5.74, 6) is -0.0766. The van der Waals surface area contributed by atoms with Crippen molar-refractivity contribution in [2.75, 3.05) is 25.6 Å². The largest absolute Gasteiger partial charge is 0.379 e. The molecule has 0 spiro atoms. The summed E-state index contributed by atoms with van der Waals surface area (Å²) in [5.41, 5.74) is 2.64. The van der Waals surface area contributed by atoms with Gasteiger partial charge in [-0.25, -0.2) is 0 Å². The lowest BCUT2D eigenvalue weighted by molar-refractivity contribution is -0.683. The number of hydrogen-bond acceptors (Lipinski definition) is 2. The molecule has 122 valence electrons. The third kappa shape index (κ3) is 5.06. The Kier molecular flexibility index (Phi) is 6.59. The monoisotopic (exact) mass is 333 g/mol. The van der Waals surface area contributed by atoms with E-state index in [0.717, 1.165) is 11.1 Å². The lowest BCUT2D eigenvalue weighted by Gasteiger charge is -2.16. The minimum atomic E-state index is -0.327. The number of nitrogens with two attached hydrogens (primary N) is 1. The second kappa shape index (κ2) is 8.67. The maximum absolute atomic E-state index is 12.7. The van der Waals surface area contributed by atoms with Crippen molar-refractivity contribution in [2.45, 2.75) is 13.0 Å². The van der Waals surface area contributed by atoms with E-state index in [1.54, 1.807) is 13.2 Å². The van der Waals surface area contributed by atoms with Gasteiger partial charge in [0.25, 0.3) is 5.91 Å². The molecule has 2 aromatic rings. The summed E-state index contributed by atoms with van der Waals surface area (Å²) >= 11 is 6.12. The minimum Gasteiger partial charge on any atom is -0.379 e. The Balaban J connectivity index is 2.13. The fourth-order valence-electron chi connectivity index (χ4n) is 2.30. The maximum Gasteiger partial charge on any atom is 0.287 e. The summed E-state index contributed by atoms with van der Waals surface area (Å²) < 4.78 is 5.07. The van der Waals surface area contributed by atoms with Gasteiger partial charge in [0.15, 0.2) is 6.04 Å². The molecule has 0 unspecified atom stereocenters. The molecule has 1 atom stereocenters. The molecule has 0 aliphatic rings. The van der Waals surface area contributed by atoms with Crippen LogP contribution in [0.4, 0.5) is 5.69 Å². The van der Waals surface area contributed by atoms with Gasteiger partial charge < -0.3 is 15.4 Å². The molecule has 0 fully saturated rings. The standard InChI is InChI=1S/C18H21ClN2O2/c1-13-8-9-15(12-16(13)19)21-18(22)17(20-10-11-23-2)14-6-4-3-5-7-14/h3-9,12,17,20H,10-11H2,1-2H3,(H,21,22)/p+1/t17-/m0/s1. The molecule has 0 bridgehead atoms. The van der Waals surface area contributed by atoms with E-state index in [9.17, 15) is 4.79 Å². The number of rotatable bonds is 7. The first kappa shape index (κ1) is 17.5. The van der Waals surface area contributed by atoms with Crippen LogP contribution < -0.4 is 10.6 Å². The maximum atomic E-state index is 12.7. The van der Waals surface area contributed by atoms with Crippen molar-refractivity contribution in [3.8, 4) is 0 Å². The quantitative estimate of drug-likeness (QED) is 0.765. The van der Waals surface area contributed by atoms with Gasteiger partial charge in [-0.2, -0.15) is 0 Å². The number of benzene rings is 2. The zero-order chi connectivity index (χ0) is 16.7. The number of carbonyl (C=O) groups excluding carboxylic acids is 1. The highest BCUT2D eigenvalue weighted by Gasteiger charge is 2.23. The third-order valence-corrected chi connectivity index (χ3v) is 4.01. The molecular weight excluding hydrogens is 312 g/mol. The zero-order valence-electron chi connectivity index (χ0n) is 13.4. The van der Waals surface area contributed by atoms with E-state index < -0.39 is 0 Å². The number of amides is 1. The van der Waals surface area contributed by atoms with Gasteiger partial charge in [0.1, 0.15) is 6.54 Å². The van der Waals surface area contributed by atoms with Crippen LogP contribution in [0, 0.1) is 6.92 Å². The van der Waals surface area contributed by atoms with Gasteiger partial charge in [-0.1, -0.05) is 48.0 Å². The van der Waals surface area contributed by atoms with Crippen LogP contribution in [0.5, 0.6) is 0 Å².